The standard InChI is InChI=1S/C15H18ClN3O2S/c1-3-19(12-14-10-17-18(2)11-14)22(20,21)9-8-13-4-6-15(16)7-5-13/h4-11H,3,12H2,1-2H3/b9-8-. The van der Waals surface area contributed by atoms with E-state index in [1.165, 1.54) is 9.71 Å². The van der Waals surface area contributed by atoms with Crippen LogP contribution in [0.1, 0.15) is 18.1 Å². The number of nitrogens with zero attached hydrogens (tertiary/aromatic N) is 3. The molecule has 0 fully saturated rings. The van der Waals surface area contributed by atoms with Crippen molar-refractivity contribution in [3.8, 4) is 0 Å². The predicted molar refractivity (Wildman–Crippen MR) is 88.7 cm³/mol. The van der Waals surface area contributed by atoms with Crippen molar-refractivity contribution in [1.82, 2.24) is 14.1 Å². The summed E-state index contributed by atoms with van der Waals surface area (Å²) in [6, 6.07) is 6.99. The van der Waals surface area contributed by atoms with E-state index in [4.69, 9.17) is 11.6 Å². The van der Waals surface area contributed by atoms with Gasteiger partial charge in [0.2, 0.25) is 10.0 Å². The first-order valence-corrected chi connectivity index (χ1v) is 8.70. The molecule has 0 N–H and O–H groups in total. The predicted octanol–water partition coefficient (Wildman–Crippen LogP) is 2.90. The molecule has 1 aromatic carbocycles. The number of hydrogen-bond acceptors (Lipinski definition) is 3. The zero-order valence-electron chi connectivity index (χ0n) is 12.5. The Morgan fingerprint density at radius 2 is 2.00 bits per heavy atom. The van der Waals surface area contributed by atoms with Gasteiger partial charge in [0.05, 0.1) is 6.20 Å². The van der Waals surface area contributed by atoms with Crippen molar-refractivity contribution in [3.63, 3.8) is 0 Å². The lowest BCUT2D eigenvalue weighted by atomic mass is 10.2. The van der Waals surface area contributed by atoms with Gasteiger partial charge in [-0.05, 0) is 23.8 Å². The number of aromatic nitrogens is 2. The molecule has 22 heavy (non-hydrogen) atoms. The van der Waals surface area contributed by atoms with Crippen molar-refractivity contribution in [2.24, 2.45) is 7.05 Å². The third-order valence-corrected chi connectivity index (χ3v) is 4.97. The average molecular weight is 340 g/mol. The zero-order valence-corrected chi connectivity index (χ0v) is 14.0. The smallest absolute Gasteiger partial charge is 0.236 e. The first kappa shape index (κ1) is 16.7. The molecule has 7 heteroatoms. The van der Waals surface area contributed by atoms with Crippen LogP contribution in [0.3, 0.4) is 0 Å². The lowest BCUT2D eigenvalue weighted by Crippen LogP contribution is -2.28. The Kier molecular flexibility index (Phi) is 5.39. The number of sulfonamides is 1. The maximum absolute atomic E-state index is 12.4. The van der Waals surface area contributed by atoms with Crippen molar-refractivity contribution < 1.29 is 8.42 Å². The molecule has 0 atom stereocenters. The highest BCUT2D eigenvalue weighted by molar-refractivity contribution is 7.92. The van der Waals surface area contributed by atoms with Gasteiger partial charge in [-0.3, -0.25) is 4.68 Å². The molecule has 0 saturated carbocycles. The van der Waals surface area contributed by atoms with E-state index in [0.29, 0.717) is 18.1 Å². The van der Waals surface area contributed by atoms with E-state index < -0.39 is 10.0 Å². The first-order chi connectivity index (χ1) is 10.4. The minimum absolute atomic E-state index is 0.303. The Labute approximate surface area is 135 Å². The van der Waals surface area contributed by atoms with Gasteiger partial charge in [0.15, 0.2) is 0 Å². The van der Waals surface area contributed by atoms with Crippen LogP contribution < -0.4 is 0 Å². The molecule has 0 aliphatic carbocycles. The Morgan fingerprint density at radius 3 is 2.55 bits per heavy atom. The summed E-state index contributed by atoms with van der Waals surface area (Å²) in [5, 5.41) is 5.89. The topological polar surface area (TPSA) is 55.2 Å². The van der Waals surface area contributed by atoms with Crippen LogP contribution >= 0.6 is 11.6 Å². The van der Waals surface area contributed by atoms with Crippen molar-refractivity contribution in [3.05, 3.63) is 58.2 Å². The zero-order chi connectivity index (χ0) is 16.2. The summed E-state index contributed by atoms with van der Waals surface area (Å²) in [6.45, 7) is 2.50. The Hall–Kier alpha value is -1.63. The number of hydrogen-bond donors (Lipinski definition) is 0. The third-order valence-electron chi connectivity index (χ3n) is 3.13. The molecule has 0 unspecified atom stereocenters. The minimum Gasteiger partial charge on any atom is -0.275 e. The highest BCUT2D eigenvalue weighted by atomic mass is 35.5. The normalized spacial score (nSPS) is 12.4. The lowest BCUT2D eigenvalue weighted by Gasteiger charge is -2.17. The van der Waals surface area contributed by atoms with E-state index in [1.54, 1.807) is 54.5 Å². The summed E-state index contributed by atoms with van der Waals surface area (Å²) >= 11 is 5.81. The molecule has 0 spiro atoms. The molecular formula is C15H18ClN3O2S. The number of halogens is 1. The summed E-state index contributed by atoms with van der Waals surface area (Å²) in [6.07, 6.45) is 5.04. The van der Waals surface area contributed by atoms with Crippen LogP contribution in [0.2, 0.25) is 5.02 Å². The van der Waals surface area contributed by atoms with Gasteiger partial charge in [-0.1, -0.05) is 30.7 Å². The third kappa shape index (κ3) is 4.43. The summed E-state index contributed by atoms with van der Waals surface area (Å²) < 4.78 is 27.8. The summed E-state index contributed by atoms with van der Waals surface area (Å²) in [7, 11) is -1.69. The van der Waals surface area contributed by atoms with Gasteiger partial charge in [0.25, 0.3) is 0 Å². The number of rotatable bonds is 6. The number of aryl methyl sites for hydroxylation is 1. The van der Waals surface area contributed by atoms with Crippen LogP contribution in [0.4, 0.5) is 0 Å². The molecule has 118 valence electrons. The lowest BCUT2D eigenvalue weighted by molar-refractivity contribution is 0.430. The molecule has 2 aromatic rings. The van der Waals surface area contributed by atoms with E-state index in [0.717, 1.165) is 11.1 Å². The van der Waals surface area contributed by atoms with E-state index in [1.807, 2.05) is 6.92 Å². The van der Waals surface area contributed by atoms with Crippen LogP contribution in [0.15, 0.2) is 42.1 Å². The molecule has 5 nitrogen and oxygen atoms in total. The minimum atomic E-state index is -3.49. The molecule has 0 saturated heterocycles. The van der Waals surface area contributed by atoms with Crippen molar-refractivity contribution >= 4 is 27.7 Å². The van der Waals surface area contributed by atoms with Crippen LogP contribution in [0.25, 0.3) is 6.08 Å². The monoisotopic (exact) mass is 339 g/mol. The first-order valence-electron chi connectivity index (χ1n) is 6.82. The second-order valence-corrected chi connectivity index (χ2v) is 7.10. The fourth-order valence-corrected chi connectivity index (χ4v) is 3.28. The van der Waals surface area contributed by atoms with Crippen LogP contribution in [0, 0.1) is 0 Å². The quantitative estimate of drug-likeness (QED) is 0.813. The number of benzene rings is 1. The van der Waals surface area contributed by atoms with Crippen LogP contribution in [-0.4, -0.2) is 29.0 Å². The average Bonchev–Trinajstić information content (AvgIpc) is 2.89. The summed E-state index contributed by atoms with van der Waals surface area (Å²) in [5.41, 5.74) is 1.64. The molecule has 2 rings (SSSR count). The maximum Gasteiger partial charge on any atom is 0.236 e. The Bertz CT molecular complexity index is 751. The largest absolute Gasteiger partial charge is 0.275 e. The summed E-state index contributed by atoms with van der Waals surface area (Å²) in [4.78, 5) is 0. The second kappa shape index (κ2) is 7.09. The van der Waals surface area contributed by atoms with Crippen LogP contribution in [0.5, 0.6) is 0 Å². The van der Waals surface area contributed by atoms with Crippen molar-refractivity contribution in [1.29, 1.82) is 0 Å². The van der Waals surface area contributed by atoms with Gasteiger partial charge in [-0.25, -0.2) is 8.42 Å². The Balaban J connectivity index is 2.14. The van der Waals surface area contributed by atoms with Gasteiger partial charge in [-0.15, -0.1) is 0 Å². The fraction of sp³-hybridized carbons (Fsp3) is 0.267. The van der Waals surface area contributed by atoms with Crippen molar-refractivity contribution in [2.45, 2.75) is 13.5 Å². The molecular weight excluding hydrogens is 322 g/mol. The van der Waals surface area contributed by atoms with Crippen LogP contribution in [-0.2, 0) is 23.6 Å². The maximum atomic E-state index is 12.4. The Morgan fingerprint density at radius 1 is 1.32 bits per heavy atom. The SMILES string of the molecule is CCN(Cc1cnn(C)c1)S(=O)(=O)/C=C\c1ccc(Cl)cc1. The van der Waals surface area contributed by atoms with Gasteiger partial charge in [0, 0.05) is 42.3 Å². The molecule has 0 radical (unpaired) electrons. The van der Waals surface area contributed by atoms with Gasteiger partial charge in [-0.2, -0.15) is 9.40 Å². The molecule has 0 aliphatic rings. The highest BCUT2D eigenvalue weighted by Crippen LogP contribution is 2.14. The fourth-order valence-electron chi connectivity index (χ4n) is 1.96. The summed E-state index contributed by atoms with van der Waals surface area (Å²) in [5.74, 6) is 0. The van der Waals surface area contributed by atoms with E-state index in [9.17, 15) is 8.42 Å². The molecule has 1 heterocycles. The van der Waals surface area contributed by atoms with E-state index in [2.05, 4.69) is 5.10 Å². The molecule has 1 aromatic heterocycles. The van der Waals surface area contributed by atoms with Crippen molar-refractivity contribution in [2.75, 3.05) is 6.54 Å². The van der Waals surface area contributed by atoms with E-state index in [-0.39, 0.29) is 0 Å². The van der Waals surface area contributed by atoms with Gasteiger partial charge in [0.1, 0.15) is 0 Å². The molecule has 0 amide bonds. The second-order valence-electron chi connectivity index (χ2n) is 4.85. The van der Waals surface area contributed by atoms with Gasteiger partial charge >= 0.3 is 0 Å². The molecule has 0 bridgehead atoms. The van der Waals surface area contributed by atoms with E-state index >= 15 is 0 Å². The molecule has 0 aliphatic heterocycles. The van der Waals surface area contributed by atoms with Gasteiger partial charge < -0.3 is 0 Å². The highest BCUT2D eigenvalue weighted by Gasteiger charge is 2.18.